The highest BCUT2D eigenvalue weighted by Gasteiger charge is 2.33. The van der Waals surface area contributed by atoms with Crippen LogP contribution in [0.1, 0.15) is 34.7 Å². The van der Waals surface area contributed by atoms with Crippen molar-refractivity contribution in [3.05, 3.63) is 119 Å². The molecule has 0 saturated carbocycles. The molecular weight excluding hydrogens is 536 g/mol. The van der Waals surface area contributed by atoms with Gasteiger partial charge in [-0.05, 0) is 59.9 Å². The Morgan fingerprint density at radius 1 is 1.03 bits per heavy atom. The third kappa shape index (κ3) is 3.74. The van der Waals surface area contributed by atoms with Gasteiger partial charge < -0.3 is 9.47 Å². The molecule has 1 aliphatic heterocycles. The average Bonchev–Trinajstić information content (AvgIpc) is 3.23. The zero-order valence-corrected chi connectivity index (χ0v) is 22.2. The molecule has 36 heavy (non-hydrogen) atoms. The molecule has 0 amide bonds. The minimum Gasteiger partial charge on any atom is -0.497 e. The molecule has 3 aromatic carbocycles. The fourth-order valence-electron chi connectivity index (χ4n) is 5.09. The van der Waals surface area contributed by atoms with Gasteiger partial charge >= 0.3 is 0 Å². The number of rotatable bonds is 4. The summed E-state index contributed by atoms with van der Waals surface area (Å²) >= 11 is 5.02. The molecule has 6 rings (SSSR count). The maximum absolute atomic E-state index is 14.0. The third-order valence-corrected chi connectivity index (χ3v) is 8.50. The summed E-state index contributed by atoms with van der Waals surface area (Å²) in [5.41, 5.74) is 6.35. The second kappa shape index (κ2) is 9.22. The van der Waals surface area contributed by atoms with E-state index in [0.717, 1.165) is 56.8 Å². The van der Waals surface area contributed by atoms with Crippen molar-refractivity contribution >= 4 is 39.0 Å². The fraction of sp³-hybridized carbons (Fsp3) is 0.172. The number of aryl methyl sites for hydroxylation is 1. The van der Waals surface area contributed by atoms with E-state index < -0.39 is 0 Å². The van der Waals surface area contributed by atoms with E-state index in [1.165, 1.54) is 16.9 Å². The Morgan fingerprint density at radius 2 is 1.83 bits per heavy atom. The molecule has 180 valence electrons. The van der Waals surface area contributed by atoms with E-state index >= 15 is 0 Å². The monoisotopic (exact) mass is 558 g/mol. The number of allylic oxidation sites excluding steroid dienone is 1. The van der Waals surface area contributed by atoms with Crippen molar-refractivity contribution in [2.75, 3.05) is 14.2 Å². The molecule has 4 aromatic rings. The van der Waals surface area contributed by atoms with Crippen LogP contribution in [0.5, 0.6) is 11.5 Å². The number of ether oxygens (including phenoxy) is 2. The maximum atomic E-state index is 14.0. The van der Waals surface area contributed by atoms with Crippen molar-refractivity contribution in [3.8, 4) is 11.5 Å². The molecule has 1 unspecified atom stereocenters. The van der Waals surface area contributed by atoms with E-state index in [2.05, 4.69) is 46.3 Å². The number of thiazole rings is 1. The lowest BCUT2D eigenvalue weighted by atomic mass is 9.83. The average molecular weight is 559 g/mol. The first-order valence-corrected chi connectivity index (χ1v) is 13.3. The van der Waals surface area contributed by atoms with Gasteiger partial charge in [0.1, 0.15) is 11.5 Å². The summed E-state index contributed by atoms with van der Waals surface area (Å²) in [4.78, 5) is 19.7. The topological polar surface area (TPSA) is 52.8 Å². The van der Waals surface area contributed by atoms with Crippen LogP contribution in [-0.2, 0) is 6.42 Å². The molecule has 0 spiro atoms. The molecule has 1 atom stereocenters. The van der Waals surface area contributed by atoms with Crippen molar-refractivity contribution in [3.63, 3.8) is 0 Å². The van der Waals surface area contributed by atoms with Crippen LogP contribution >= 0.6 is 27.3 Å². The Morgan fingerprint density at radius 3 is 2.67 bits per heavy atom. The zero-order chi connectivity index (χ0) is 24.8. The van der Waals surface area contributed by atoms with Gasteiger partial charge in [0.2, 0.25) is 0 Å². The highest BCUT2D eigenvalue weighted by molar-refractivity contribution is 9.10. The number of hydrogen-bond donors (Lipinski definition) is 0. The Bertz CT molecular complexity index is 1720. The second-order valence-electron chi connectivity index (χ2n) is 8.74. The lowest BCUT2D eigenvalue weighted by molar-refractivity contribution is 0.402. The smallest absolute Gasteiger partial charge is 0.271 e. The first-order chi connectivity index (χ1) is 17.6. The Labute approximate surface area is 220 Å². The molecule has 0 radical (unpaired) electrons. The molecule has 0 saturated heterocycles. The molecule has 0 bridgehead atoms. The van der Waals surface area contributed by atoms with E-state index in [4.69, 9.17) is 14.5 Å². The van der Waals surface area contributed by atoms with E-state index in [1.54, 1.807) is 14.2 Å². The maximum Gasteiger partial charge on any atom is 0.271 e. The minimum absolute atomic E-state index is 0.0604. The Balaban J connectivity index is 1.64. The normalized spacial score (nSPS) is 16.6. The number of halogens is 1. The summed E-state index contributed by atoms with van der Waals surface area (Å²) in [5, 5.41) is 0. The van der Waals surface area contributed by atoms with Gasteiger partial charge in [0.15, 0.2) is 4.80 Å². The van der Waals surface area contributed by atoms with Crippen LogP contribution in [0.4, 0.5) is 0 Å². The standard InChI is InChI=1S/C29H23BrN2O3S/c1-34-19-12-14-23(30)18(15-19)16-25-28(33)32-27(21-9-5-6-10-24(21)35-2)22-13-11-17-7-3-4-8-20(17)26(22)31-29(32)36-25/h3-10,12,14-16,27H,11,13H2,1-2H3. The van der Waals surface area contributed by atoms with Crippen LogP contribution in [0.15, 0.2) is 86.6 Å². The minimum atomic E-state index is -0.281. The first-order valence-electron chi connectivity index (χ1n) is 11.7. The van der Waals surface area contributed by atoms with Crippen molar-refractivity contribution in [2.24, 2.45) is 4.99 Å². The van der Waals surface area contributed by atoms with E-state index in [-0.39, 0.29) is 11.6 Å². The summed E-state index contributed by atoms with van der Waals surface area (Å²) in [6.07, 6.45) is 3.66. The number of para-hydroxylation sites is 1. The number of nitrogens with zero attached hydrogens (tertiary/aromatic N) is 2. The van der Waals surface area contributed by atoms with Gasteiger partial charge in [-0.25, -0.2) is 4.99 Å². The SMILES string of the molecule is COc1ccc(Br)c(C=c2sc3n(c2=O)C(c2ccccc2OC)C2=C(N=3)c3ccccc3CC2)c1. The van der Waals surface area contributed by atoms with Crippen molar-refractivity contribution < 1.29 is 9.47 Å². The quantitative estimate of drug-likeness (QED) is 0.350. The molecule has 2 aliphatic rings. The Hall–Kier alpha value is -3.42. The van der Waals surface area contributed by atoms with Gasteiger partial charge in [0, 0.05) is 15.6 Å². The molecule has 1 aromatic heterocycles. The van der Waals surface area contributed by atoms with E-state index in [9.17, 15) is 4.79 Å². The van der Waals surface area contributed by atoms with Crippen molar-refractivity contribution in [1.29, 1.82) is 0 Å². The third-order valence-electron chi connectivity index (χ3n) is 6.80. The summed E-state index contributed by atoms with van der Waals surface area (Å²) in [6, 6.07) is 21.8. The number of aromatic nitrogens is 1. The highest BCUT2D eigenvalue weighted by atomic mass is 79.9. The Kier molecular flexibility index (Phi) is 5.90. The molecule has 7 heteroatoms. The van der Waals surface area contributed by atoms with Gasteiger partial charge in [0.05, 0.1) is 30.5 Å². The second-order valence-corrected chi connectivity index (χ2v) is 10.6. The van der Waals surface area contributed by atoms with Crippen LogP contribution in [-0.4, -0.2) is 18.8 Å². The van der Waals surface area contributed by atoms with Crippen molar-refractivity contribution in [1.82, 2.24) is 4.57 Å². The van der Waals surface area contributed by atoms with Gasteiger partial charge in [-0.1, -0.05) is 69.7 Å². The number of methoxy groups -OCH3 is 2. The highest BCUT2D eigenvalue weighted by Crippen LogP contribution is 2.43. The molecule has 0 N–H and O–H groups in total. The first kappa shape index (κ1) is 23.0. The van der Waals surface area contributed by atoms with E-state index in [0.29, 0.717) is 9.33 Å². The van der Waals surface area contributed by atoms with Crippen molar-refractivity contribution in [2.45, 2.75) is 18.9 Å². The van der Waals surface area contributed by atoms with Crippen LogP contribution in [0, 0.1) is 0 Å². The summed E-state index contributed by atoms with van der Waals surface area (Å²) in [6.45, 7) is 0. The summed E-state index contributed by atoms with van der Waals surface area (Å²) in [7, 11) is 3.31. The lowest BCUT2D eigenvalue weighted by Crippen LogP contribution is -2.39. The van der Waals surface area contributed by atoms with Gasteiger partial charge in [-0.15, -0.1) is 0 Å². The summed E-state index contributed by atoms with van der Waals surface area (Å²) in [5.74, 6) is 1.50. The van der Waals surface area contributed by atoms with Crippen LogP contribution < -0.4 is 24.4 Å². The summed E-state index contributed by atoms with van der Waals surface area (Å²) < 4.78 is 14.5. The molecule has 5 nitrogen and oxygen atoms in total. The predicted molar refractivity (Wildman–Crippen MR) is 146 cm³/mol. The largest absolute Gasteiger partial charge is 0.497 e. The van der Waals surface area contributed by atoms with Gasteiger partial charge in [0.25, 0.3) is 5.56 Å². The number of benzene rings is 3. The van der Waals surface area contributed by atoms with Crippen LogP contribution in [0.3, 0.4) is 0 Å². The predicted octanol–water partition coefficient (Wildman–Crippen LogP) is 5.10. The zero-order valence-electron chi connectivity index (χ0n) is 19.8. The molecule has 1 aliphatic carbocycles. The van der Waals surface area contributed by atoms with Gasteiger partial charge in [-0.3, -0.25) is 9.36 Å². The van der Waals surface area contributed by atoms with E-state index in [1.807, 2.05) is 47.0 Å². The van der Waals surface area contributed by atoms with Crippen LogP contribution in [0.2, 0.25) is 0 Å². The molecule has 2 heterocycles. The number of fused-ring (bicyclic) bond motifs is 3. The molecular formula is C29H23BrN2O3S. The van der Waals surface area contributed by atoms with Crippen LogP contribution in [0.25, 0.3) is 11.8 Å². The van der Waals surface area contributed by atoms with Gasteiger partial charge in [-0.2, -0.15) is 0 Å². The number of hydrogen-bond acceptors (Lipinski definition) is 5. The lowest BCUT2D eigenvalue weighted by Gasteiger charge is -2.31. The molecule has 0 fully saturated rings. The fourth-order valence-corrected chi connectivity index (χ4v) is 6.44.